The van der Waals surface area contributed by atoms with E-state index < -0.39 is 0 Å². The van der Waals surface area contributed by atoms with Gasteiger partial charge >= 0.3 is 129 Å². The van der Waals surface area contributed by atoms with Gasteiger partial charge < -0.3 is 0 Å². The van der Waals surface area contributed by atoms with Crippen molar-refractivity contribution in [2.45, 2.75) is 4.31 Å². The summed E-state index contributed by atoms with van der Waals surface area (Å²) in [5, 5.41) is 0. The molecule has 0 bridgehead atoms. The van der Waals surface area contributed by atoms with Gasteiger partial charge in [-0.2, -0.15) is 0 Å². The van der Waals surface area contributed by atoms with Gasteiger partial charge in [0.2, 0.25) is 0 Å². The second-order valence-corrected chi connectivity index (χ2v) is 9.23. The normalized spacial score (nSPS) is 44.9. The second-order valence-electron chi connectivity index (χ2n) is 6.40. The maximum atomic E-state index is 13.1. The van der Waals surface area contributed by atoms with Crippen LogP contribution in [0.25, 0.3) is 0 Å². The number of benzene rings is 1. The molecule has 0 spiro atoms. The summed E-state index contributed by atoms with van der Waals surface area (Å²) in [4.78, 5) is 25.6. The quantitative estimate of drug-likeness (QED) is 0.604. The van der Waals surface area contributed by atoms with E-state index in [0.29, 0.717) is 11.6 Å². The summed E-state index contributed by atoms with van der Waals surface area (Å²) in [5.74, 6) is 1.17. The van der Waals surface area contributed by atoms with E-state index in [1.165, 1.54) is 4.46 Å². The topological polar surface area (TPSA) is 34.1 Å². The van der Waals surface area contributed by atoms with Crippen molar-refractivity contribution >= 4 is 31.0 Å². The third-order valence-electron chi connectivity index (χ3n) is 5.58. The summed E-state index contributed by atoms with van der Waals surface area (Å²) >= 11 is 0.0641. The van der Waals surface area contributed by atoms with Crippen LogP contribution < -0.4 is 4.46 Å². The molecule has 2 fully saturated rings. The Hall–Kier alpha value is -1.44. The molecule has 5 unspecified atom stereocenters. The monoisotopic (exact) mass is 342 g/mol. The zero-order chi connectivity index (χ0) is 14.2. The van der Waals surface area contributed by atoms with Crippen LogP contribution in [0.2, 0.25) is 4.31 Å². The number of ketones is 2. The molecule has 2 saturated carbocycles. The van der Waals surface area contributed by atoms with Gasteiger partial charge in [-0.25, -0.2) is 0 Å². The first-order chi connectivity index (χ1) is 10.2. The summed E-state index contributed by atoms with van der Waals surface area (Å²) in [6.45, 7) is 0. The third kappa shape index (κ3) is 1.30. The predicted molar refractivity (Wildman–Crippen MR) is 80.3 cm³/mol. The Morgan fingerprint density at radius 2 is 1.67 bits per heavy atom. The summed E-state index contributed by atoms with van der Waals surface area (Å²) in [5.41, 5.74) is 0. The number of rotatable bonds is 2. The Morgan fingerprint density at radius 1 is 0.905 bits per heavy atom. The first kappa shape index (κ1) is 12.1. The Balaban J connectivity index is 1.64. The van der Waals surface area contributed by atoms with Gasteiger partial charge in [0.15, 0.2) is 0 Å². The van der Waals surface area contributed by atoms with Gasteiger partial charge in [-0.1, -0.05) is 0 Å². The molecule has 2 nitrogen and oxygen atoms in total. The molecular weight excluding hydrogens is 327 g/mol. The molecule has 3 heteroatoms. The average Bonchev–Trinajstić information content (AvgIpc) is 3.18. The maximum absolute atomic E-state index is 13.1. The first-order valence-corrected chi connectivity index (χ1v) is 9.13. The zero-order valence-electron chi connectivity index (χ0n) is 11.3. The minimum absolute atomic E-state index is 0.00680. The van der Waals surface area contributed by atoms with Gasteiger partial charge in [0.25, 0.3) is 0 Å². The molecule has 6 atom stereocenters. The standard InChI is InChI=1S/C18H14O2Se/c19-16-11-6-7-12-14(11)15-13(16)8-9-18(15,17(12)20)21-10-4-2-1-3-5-10/h1-9,11-15H/t11?,12?,13?,14?,15?,18-/m0/s1. The number of Topliss-reactive ketones (excluding diaryl/α,β-unsaturated/α-hetero) is 2. The van der Waals surface area contributed by atoms with Crippen LogP contribution in [-0.4, -0.2) is 26.5 Å². The van der Waals surface area contributed by atoms with Crippen LogP contribution in [0.15, 0.2) is 54.6 Å². The summed E-state index contributed by atoms with van der Waals surface area (Å²) in [6, 6.07) is 10.3. The SMILES string of the molecule is O=C1C2C=CC3C(=O)[C@]4([Se]c5ccccc5)C=CC1C4C23. The Morgan fingerprint density at radius 3 is 2.48 bits per heavy atom. The molecule has 0 radical (unpaired) electrons. The van der Waals surface area contributed by atoms with Crippen LogP contribution in [0.4, 0.5) is 0 Å². The molecule has 1 aromatic rings. The van der Waals surface area contributed by atoms with Crippen molar-refractivity contribution in [1.29, 1.82) is 0 Å². The Labute approximate surface area is 129 Å². The molecule has 5 rings (SSSR count). The van der Waals surface area contributed by atoms with E-state index in [4.69, 9.17) is 0 Å². The van der Waals surface area contributed by atoms with Crippen LogP contribution in [0, 0.1) is 29.6 Å². The number of hydrogen-bond acceptors (Lipinski definition) is 2. The molecule has 0 saturated heterocycles. The van der Waals surface area contributed by atoms with Crippen LogP contribution in [0.5, 0.6) is 0 Å². The van der Waals surface area contributed by atoms with Gasteiger partial charge in [-0.3, -0.25) is 0 Å². The molecule has 0 heterocycles. The van der Waals surface area contributed by atoms with Gasteiger partial charge in [0.05, 0.1) is 0 Å². The molecule has 21 heavy (non-hydrogen) atoms. The molecule has 0 aliphatic heterocycles. The number of allylic oxidation sites excluding steroid dienone is 4. The van der Waals surface area contributed by atoms with E-state index >= 15 is 0 Å². The van der Waals surface area contributed by atoms with Crippen LogP contribution in [0.1, 0.15) is 0 Å². The summed E-state index contributed by atoms with van der Waals surface area (Å²) in [6.07, 6.45) is 8.15. The van der Waals surface area contributed by atoms with Crippen molar-refractivity contribution in [3.05, 3.63) is 54.6 Å². The number of hydrogen-bond donors (Lipinski definition) is 0. The molecule has 0 N–H and O–H groups in total. The van der Waals surface area contributed by atoms with E-state index in [2.05, 4.69) is 18.2 Å². The van der Waals surface area contributed by atoms with Crippen molar-refractivity contribution in [3.8, 4) is 0 Å². The first-order valence-electron chi connectivity index (χ1n) is 7.42. The van der Waals surface area contributed by atoms with E-state index in [-0.39, 0.29) is 48.9 Å². The summed E-state index contributed by atoms with van der Waals surface area (Å²) in [7, 11) is 0. The molecule has 1 aromatic carbocycles. The van der Waals surface area contributed by atoms with Crippen molar-refractivity contribution in [2.75, 3.05) is 0 Å². The van der Waals surface area contributed by atoms with Gasteiger partial charge in [-0.05, 0) is 0 Å². The van der Waals surface area contributed by atoms with E-state index in [1.807, 2.05) is 36.4 Å². The minimum atomic E-state index is -0.372. The summed E-state index contributed by atoms with van der Waals surface area (Å²) < 4.78 is 0.882. The van der Waals surface area contributed by atoms with Crippen molar-refractivity contribution < 1.29 is 9.59 Å². The molecule has 4 aliphatic rings. The van der Waals surface area contributed by atoms with Crippen molar-refractivity contribution in [2.24, 2.45) is 29.6 Å². The number of carbonyl (C=O) groups excluding carboxylic acids is 2. The van der Waals surface area contributed by atoms with Gasteiger partial charge in [0.1, 0.15) is 0 Å². The third-order valence-corrected chi connectivity index (χ3v) is 8.63. The average molecular weight is 341 g/mol. The zero-order valence-corrected chi connectivity index (χ0v) is 13.0. The predicted octanol–water partition coefficient (Wildman–Crippen LogP) is 1.56. The molecule has 4 aliphatic carbocycles. The molecule has 0 amide bonds. The van der Waals surface area contributed by atoms with Crippen LogP contribution in [0.3, 0.4) is 0 Å². The number of carbonyl (C=O) groups is 2. The van der Waals surface area contributed by atoms with Crippen LogP contribution in [-0.2, 0) is 9.59 Å². The fourth-order valence-corrected chi connectivity index (χ4v) is 7.98. The van der Waals surface area contributed by atoms with E-state index in [1.54, 1.807) is 0 Å². The Kier molecular flexibility index (Phi) is 2.22. The fraction of sp³-hybridized carbons (Fsp3) is 0.333. The Bertz CT molecular complexity index is 720. The van der Waals surface area contributed by atoms with E-state index in [9.17, 15) is 9.59 Å². The van der Waals surface area contributed by atoms with E-state index in [0.717, 1.165) is 0 Å². The molecule has 104 valence electrons. The van der Waals surface area contributed by atoms with Crippen LogP contribution >= 0.6 is 0 Å². The molecular formula is C18H14O2Se. The van der Waals surface area contributed by atoms with Crippen molar-refractivity contribution in [3.63, 3.8) is 0 Å². The fourth-order valence-electron chi connectivity index (χ4n) is 4.82. The van der Waals surface area contributed by atoms with Gasteiger partial charge in [-0.15, -0.1) is 0 Å². The molecule has 0 aromatic heterocycles. The second kappa shape index (κ2) is 3.85. The van der Waals surface area contributed by atoms with Crippen molar-refractivity contribution in [1.82, 2.24) is 0 Å². The van der Waals surface area contributed by atoms with Gasteiger partial charge in [0, 0.05) is 0 Å².